The number of fused-ring (bicyclic) bond motifs is 1. The lowest BCUT2D eigenvalue weighted by Gasteiger charge is -2.18. The van der Waals surface area contributed by atoms with E-state index in [0.29, 0.717) is 18.0 Å². The Hall–Kier alpha value is -3.28. The van der Waals surface area contributed by atoms with Crippen LogP contribution in [0.25, 0.3) is 5.69 Å². The first kappa shape index (κ1) is 14.3. The zero-order valence-electron chi connectivity index (χ0n) is 12.9. The minimum atomic E-state index is -0.128. The van der Waals surface area contributed by atoms with Gasteiger partial charge in [-0.05, 0) is 24.3 Å². The molecular formula is C18H16N4O2. The molecule has 0 fully saturated rings. The van der Waals surface area contributed by atoms with Crippen LogP contribution in [0.2, 0.25) is 0 Å². The van der Waals surface area contributed by atoms with Crippen molar-refractivity contribution < 1.29 is 9.53 Å². The Kier molecular flexibility index (Phi) is 3.63. The lowest BCUT2D eigenvalue weighted by molar-refractivity contribution is -0.118. The number of carbonyl (C=O) groups excluding carboxylic acids is 1. The van der Waals surface area contributed by atoms with Crippen molar-refractivity contribution in [3.05, 3.63) is 66.5 Å². The molecule has 0 bridgehead atoms. The first-order valence-corrected chi connectivity index (χ1v) is 7.67. The van der Waals surface area contributed by atoms with Gasteiger partial charge in [0.2, 0.25) is 0 Å². The number of amides is 1. The lowest BCUT2D eigenvalue weighted by Crippen LogP contribution is -2.25. The first-order valence-electron chi connectivity index (χ1n) is 7.67. The van der Waals surface area contributed by atoms with Gasteiger partial charge in [0.25, 0.3) is 5.91 Å². The molecule has 0 spiro atoms. The number of hydrogen-bond donors (Lipinski definition) is 2. The summed E-state index contributed by atoms with van der Waals surface area (Å²) in [4.78, 5) is 11.3. The van der Waals surface area contributed by atoms with Crippen LogP contribution < -0.4 is 15.4 Å². The van der Waals surface area contributed by atoms with Gasteiger partial charge in [-0.25, -0.2) is 4.68 Å². The summed E-state index contributed by atoms with van der Waals surface area (Å²) in [7, 11) is 0. The molecule has 6 heteroatoms. The highest BCUT2D eigenvalue weighted by Gasteiger charge is 2.15. The quantitative estimate of drug-likeness (QED) is 0.775. The number of para-hydroxylation sites is 1. The molecule has 1 amide bonds. The van der Waals surface area contributed by atoms with Crippen LogP contribution in [0, 0.1) is 0 Å². The molecule has 0 unspecified atom stereocenters. The molecule has 4 rings (SSSR count). The Labute approximate surface area is 139 Å². The molecule has 120 valence electrons. The van der Waals surface area contributed by atoms with E-state index in [0.717, 1.165) is 16.9 Å². The molecule has 1 aliphatic rings. The minimum absolute atomic E-state index is 0.0559. The predicted octanol–water partition coefficient (Wildman–Crippen LogP) is 2.82. The van der Waals surface area contributed by atoms with Crippen molar-refractivity contribution in [1.82, 2.24) is 9.78 Å². The number of carbonyl (C=O) groups is 1. The van der Waals surface area contributed by atoms with E-state index < -0.39 is 0 Å². The third-order valence-corrected chi connectivity index (χ3v) is 3.77. The molecule has 0 aliphatic carbocycles. The van der Waals surface area contributed by atoms with Crippen molar-refractivity contribution in [3.63, 3.8) is 0 Å². The second kappa shape index (κ2) is 6.08. The fourth-order valence-electron chi connectivity index (χ4n) is 2.56. The second-order valence-electron chi connectivity index (χ2n) is 5.53. The molecule has 3 aromatic rings. The van der Waals surface area contributed by atoms with Gasteiger partial charge in [-0.15, -0.1) is 0 Å². The van der Waals surface area contributed by atoms with Gasteiger partial charge < -0.3 is 15.4 Å². The van der Waals surface area contributed by atoms with Crippen molar-refractivity contribution in [2.45, 2.75) is 6.54 Å². The summed E-state index contributed by atoms with van der Waals surface area (Å²) in [5.74, 6) is 0.552. The Morgan fingerprint density at radius 2 is 2.08 bits per heavy atom. The Morgan fingerprint density at radius 1 is 1.21 bits per heavy atom. The van der Waals surface area contributed by atoms with E-state index in [1.54, 1.807) is 0 Å². The van der Waals surface area contributed by atoms with Crippen LogP contribution in [-0.4, -0.2) is 22.3 Å². The first-order chi connectivity index (χ1) is 11.8. The molecule has 2 heterocycles. The summed E-state index contributed by atoms with van der Waals surface area (Å²) in [6.07, 6.45) is 3.84. The second-order valence-corrected chi connectivity index (χ2v) is 5.53. The summed E-state index contributed by atoms with van der Waals surface area (Å²) in [6, 6.07) is 15.6. The van der Waals surface area contributed by atoms with E-state index >= 15 is 0 Å². The number of hydrogen-bond acceptors (Lipinski definition) is 4. The molecule has 0 atom stereocenters. The normalized spacial score (nSPS) is 12.9. The molecule has 1 aliphatic heterocycles. The van der Waals surface area contributed by atoms with Gasteiger partial charge in [0, 0.05) is 30.1 Å². The van der Waals surface area contributed by atoms with Crippen LogP contribution in [0.4, 0.5) is 11.4 Å². The van der Waals surface area contributed by atoms with Crippen LogP contribution in [0.1, 0.15) is 5.56 Å². The fraction of sp³-hybridized carbons (Fsp3) is 0.111. The average molecular weight is 320 g/mol. The van der Waals surface area contributed by atoms with Crippen molar-refractivity contribution in [1.29, 1.82) is 0 Å². The maximum atomic E-state index is 11.3. The Bertz CT molecular complexity index is 874. The van der Waals surface area contributed by atoms with E-state index in [1.807, 2.05) is 65.6 Å². The van der Waals surface area contributed by atoms with E-state index in [2.05, 4.69) is 15.7 Å². The number of nitrogens with zero attached hydrogens (tertiary/aromatic N) is 2. The Balaban J connectivity index is 1.44. The smallest absolute Gasteiger partial charge is 0.262 e. The molecule has 2 N–H and O–H groups in total. The molecule has 0 saturated heterocycles. The summed E-state index contributed by atoms with van der Waals surface area (Å²) >= 11 is 0. The maximum Gasteiger partial charge on any atom is 0.262 e. The minimum Gasteiger partial charge on any atom is -0.482 e. The topological polar surface area (TPSA) is 68.2 Å². The van der Waals surface area contributed by atoms with Crippen molar-refractivity contribution in [3.8, 4) is 11.4 Å². The van der Waals surface area contributed by atoms with Crippen LogP contribution in [0.5, 0.6) is 5.75 Å². The SMILES string of the molecule is O=C1COc2cc(NCc3cnn(-c4ccccc4)c3)ccc2N1. The van der Waals surface area contributed by atoms with Gasteiger partial charge in [-0.1, -0.05) is 18.2 Å². The molecule has 0 saturated carbocycles. The zero-order chi connectivity index (χ0) is 16.4. The number of rotatable bonds is 4. The molecule has 6 nitrogen and oxygen atoms in total. The summed E-state index contributed by atoms with van der Waals surface area (Å²) < 4.78 is 7.27. The van der Waals surface area contributed by atoms with Crippen LogP contribution in [0.3, 0.4) is 0 Å². The predicted molar refractivity (Wildman–Crippen MR) is 91.5 cm³/mol. The highest BCUT2D eigenvalue weighted by atomic mass is 16.5. The monoisotopic (exact) mass is 320 g/mol. The van der Waals surface area contributed by atoms with E-state index in [4.69, 9.17) is 4.74 Å². The van der Waals surface area contributed by atoms with E-state index in [1.165, 1.54) is 0 Å². The highest BCUT2D eigenvalue weighted by Crippen LogP contribution is 2.30. The fourth-order valence-corrected chi connectivity index (χ4v) is 2.56. The van der Waals surface area contributed by atoms with Gasteiger partial charge in [-0.2, -0.15) is 5.10 Å². The molecule has 2 aromatic carbocycles. The summed E-state index contributed by atoms with van der Waals surface area (Å²) in [5.41, 5.74) is 3.73. The molecule has 24 heavy (non-hydrogen) atoms. The largest absolute Gasteiger partial charge is 0.482 e. The number of ether oxygens (including phenoxy) is 1. The van der Waals surface area contributed by atoms with Gasteiger partial charge in [0.15, 0.2) is 6.61 Å². The zero-order valence-corrected chi connectivity index (χ0v) is 12.9. The van der Waals surface area contributed by atoms with Crippen molar-refractivity contribution >= 4 is 17.3 Å². The van der Waals surface area contributed by atoms with Crippen LogP contribution in [-0.2, 0) is 11.3 Å². The third-order valence-electron chi connectivity index (χ3n) is 3.77. The van der Waals surface area contributed by atoms with E-state index in [9.17, 15) is 4.79 Å². The number of anilines is 2. The average Bonchev–Trinajstić information content (AvgIpc) is 3.10. The number of nitrogens with one attached hydrogen (secondary N) is 2. The molecule has 0 radical (unpaired) electrons. The van der Waals surface area contributed by atoms with Crippen LogP contribution in [0.15, 0.2) is 60.9 Å². The van der Waals surface area contributed by atoms with Crippen molar-refractivity contribution in [2.75, 3.05) is 17.2 Å². The standard InChI is InChI=1S/C18H16N4O2/c23-18-12-24-17-8-14(6-7-16(17)21-18)19-9-13-10-20-22(11-13)15-4-2-1-3-5-15/h1-8,10-11,19H,9,12H2,(H,21,23). The van der Waals surface area contributed by atoms with Crippen LogP contribution >= 0.6 is 0 Å². The number of benzene rings is 2. The van der Waals surface area contributed by atoms with Crippen molar-refractivity contribution in [2.24, 2.45) is 0 Å². The Morgan fingerprint density at radius 3 is 2.96 bits per heavy atom. The molecular weight excluding hydrogens is 304 g/mol. The van der Waals surface area contributed by atoms with Gasteiger partial charge in [0.1, 0.15) is 5.75 Å². The van der Waals surface area contributed by atoms with E-state index in [-0.39, 0.29) is 12.5 Å². The highest BCUT2D eigenvalue weighted by molar-refractivity contribution is 5.95. The van der Waals surface area contributed by atoms with Gasteiger partial charge >= 0.3 is 0 Å². The summed E-state index contributed by atoms with van der Waals surface area (Å²) in [6.45, 7) is 0.707. The van der Waals surface area contributed by atoms with Gasteiger partial charge in [0.05, 0.1) is 17.6 Å². The maximum absolute atomic E-state index is 11.3. The summed E-state index contributed by atoms with van der Waals surface area (Å²) in [5, 5.41) is 10.5. The third kappa shape index (κ3) is 2.94. The number of aromatic nitrogens is 2. The van der Waals surface area contributed by atoms with Gasteiger partial charge in [-0.3, -0.25) is 4.79 Å². The lowest BCUT2D eigenvalue weighted by atomic mass is 10.2. The molecule has 1 aromatic heterocycles.